The van der Waals surface area contributed by atoms with E-state index in [4.69, 9.17) is 0 Å². The Bertz CT molecular complexity index is 440. The molecule has 0 spiro atoms. The maximum Gasteiger partial charge on any atom is 0.276 e. The number of nitrogens with zero attached hydrogens (tertiary/aromatic N) is 4. The SMILES string of the molecule is CNC1CCN(C(=O)c2cn(CCC(C)C)nn2)CC1.Cl. The van der Waals surface area contributed by atoms with Crippen LogP contribution in [-0.4, -0.2) is 52.0 Å². The Morgan fingerprint density at radius 3 is 2.67 bits per heavy atom. The molecule has 1 aromatic rings. The molecule has 1 saturated heterocycles. The molecule has 0 atom stereocenters. The molecule has 1 fully saturated rings. The molecule has 0 unspecified atom stereocenters. The van der Waals surface area contributed by atoms with Gasteiger partial charge in [-0.15, -0.1) is 17.5 Å². The number of hydrogen-bond donors (Lipinski definition) is 1. The molecule has 120 valence electrons. The third-order valence-corrected chi connectivity index (χ3v) is 3.88. The summed E-state index contributed by atoms with van der Waals surface area (Å²) in [5.74, 6) is 0.634. The summed E-state index contributed by atoms with van der Waals surface area (Å²) in [4.78, 5) is 14.2. The third kappa shape index (κ3) is 4.97. The first kappa shape index (κ1) is 17.9. The smallest absolute Gasteiger partial charge is 0.276 e. The van der Waals surface area contributed by atoms with Crippen LogP contribution in [0.1, 0.15) is 43.6 Å². The number of aromatic nitrogens is 3. The molecular weight excluding hydrogens is 290 g/mol. The summed E-state index contributed by atoms with van der Waals surface area (Å²) >= 11 is 0. The zero-order valence-corrected chi connectivity index (χ0v) is 13.9. The summed E-state index contributed by atoms with van der Waals surface area (Å²) in [6, 6.07) is 0.528. The highest BCUT2D eigenvalue weighted by atomic mass is 35.5. The molecule has 0 radical (unpaired) electrons. The molecule has 1 aliphatic heterocycles. The van der Waals surface area contributed by atoms with Gasteiger partial charge in [0, 0.05) is 25.7 Å². The quantitative estimate of drug-likeness (QED) is 0.896. The lowest BCUT2D eigenvalue weighted by atomic mass is 10.1. The number of piperidine rings is 1. The first-order valence-corrected chi connectivity index (χ1v) is 7.47. The van der Waals surface area contributed by atoms with E-state index in [0.29, 0.717) is 17.7 Å². The minimum Gasteiger partial charge on any atom is -0.337 e. The van der Waals surface area contributed by atoms with Crippen LogP contribution in [0.5, 0.6) is 0 Å². The molecule has 6 nitrogen and oxygen atoms in total. The van der Waals surface area contributed by atoms with Gasteiger partial charge in [0.25, 0.3) is 5.91 Å². The maximum absolute atomic E-state index is 12.3. The Labute approximate surface area is 132 Å². The van der Waals surface area contributed by atoms with Crippen LogP contribution in [0.3, 0.4) is 0 Å². The van der Waals surface area contributed by atoms with Gasteiger partial charge in [-0.1, -0.05) is 19.1 Å². The number of carbonyl (C=O) groups is 1. The fourth-order valence-corrected chi connectivity index (χ4v) is 2.43. The molecule has 1 aliphatic rings. The van der Waals surface area contributed by atoms with Crippen molar-refractivity contribution < 1.29 is 4.79 Å². The Hall–Kier alpha value is -1.14. The van der Waals surface area contributed by atoms with Crippen LogP contribution in [0.2, 0.25) is 0 Å². The Kier molecular flexibility index (Phi) is 7.11. The summed E-state index contributed by atoms with van der Waals surface area (Å²) in [6.45, 7) is 6.76. The van der Waals surface area contributed by atoms with Crippen LogP contribution in [0, 0.1) is 5.92 Å². The van der Waals surface area contributed by atoms with Gasteiger partial charge in [0.15, 0.2) is 5.69 Å². The number of likely N-dealkylation sites (tertiary alicyclic amines) is 1. The lowest BCUT2D eigenvalue weighted by molar-refractivity contribution is 0.0701. The molecule has 0 saturated carbocycles. The minimum absolute atomic E-state index is 0. The highest BCUT2D eigenvalue weighted by Gasteiger charge is 2.24. The lowest BCUT2D eigenvalue weighted by Crippen LogP contribution is -2.44. The number of carbonyl (C=O) groups excluding carboxylic acids is 1. The van der Waals surface area contributed by atoms with Crippen molar-refractivity contribution >= 4 is 18.3 Å². The summed E-state index contributed by atoms with van der Waals surface area (Å²) in [7, 11) is 1.97. The molecule has 1 aromatic heterocycles. The minimum atomic E-state index is 0. The average Bonchev–Trinajstić information content (AvgIpc) is 2.93. The van der Waals surface area contributed by atoms with E-state index in [-0.39, 0.29) is 18.3 Å². The van der Waals surface area contributed by atoms with E-state index in [9.17, 15) is 4.79 Å². The van der Waals surface area contributed by atoms with E-state index >= 15 is 0 Å². The van der Waals surface area contributed by atoms with Gasteiger partial charge in [-0.05, 0) is 32.2 Å². The summed E-state index contributed by atoms with van der Waals surface area (Å²) in [6.07, 6.45) is 4.83. The van der Waals surface area contributed by atoms with E-state index in [1.807, 2.05) is 11.9 Å². The van der Waals surface area contributed by atoms with E-state index < -0.39 is 0 Å². The Morgan fingerprint density at radius 1 is 1.43 bits per heavy atom. The normalized spacial score (nSPS) is 16.1. The molecule has 7 heteroatoms. The van der Waals surface area contributed by atoms with E-state index in [2.05, 4.69) is 29.5 Å². The van der Waals surface area contributed by atoms with Crippen molar-refractivity contribution in [3.63, 3.8) is 0 Å². The number of halogens is 1. The lowest BCUT2D eigenvalue weighted by Gasteiger charge is -2.31. The number of rotatable bonds is 5. The average molecular weight is 316 g/mol. The van der Waals surface area contributed by atoms with Crippen molar-refractivity contribution in [2.75, 3.05) is 20.1 Å². The van der Waals surface area contributed by atoms with Gasteiger partial charge in [-0.25, -0.2) is 0 Å². The largest absolute Gasteiger partial charge is 0.337 e. The van der Waals surface area contributed by atoms with E-state index in [1.165, 1.54) is 0 Å². The fourth-order valence-electron chi connectivity index (χ4n) is 2.43. The van der Waals surface area contributed by atoms with Gasteiger partial charge in [0.05, 0.1) is 6.20 Å². The van der Waals surface area contributed by atoms with Crippen LogP contribution < -0.4 is 5.32 Å². The fraction of sp³-hybridized carbons (Fsp3) is 0.786. The Balaban J connectivity index is 0.00000220. The van der Waals surface area contributed by atoms with Crippen LogP contribution in [0.4, 0.5) is 0 Å². The Morgan fingerprint density at radius 2 is 2.10 bits per heavy atom. The second-order valence-corrected chi connectivity index (χ2v) is 5.90. The molecular formula is C14H26ClN5O. The van der Waals surface area contributed by atoms with Gasteiger partial charge in [0.2, 0.25) is 0 Å². The predicted octanol–water partition coefficient (Wildman–Crippen LogP) is 1.57. The van der Waals surface area contributed by atoms with Crippen molar-refractivity contribution in [3.05, 3.63) is 11.9 Å². The van der Waals surface area contributed by atoms with Crippen LogP contribution >= 0.6 is 12.4 Å². The van der Waals surface area contributed by atoms with Crippen molar-refractivity contribution in [2.45, 2.75) is 45.7 Å². The van der Waals surface area contributed by atoms with E-state index in [1.54, 1.807) is 10.9 Å². The highest BCUT2D eigenvalue weighted by molar-refractivity contribution is 5.92. The van der Waals surface area contributed by atoms with Gasteiger partial charge in [-0.3, -0.25) is 9.48 Å². The van der Waals surface area contributed by atoms with E-state index in [0.717, 1.165) is 38.9 Å². The van der Waals surface area contributed by atoms with Crippen molar-refractivity contribution in [2.24, 2.45) is 5.92 Å². The monoisotopic (exact) mass is 315 g/mol. The molecule has 2 heterocycles. The van der Waals surface area contributed by atoms with Gasteiger partial charge < -0.3 is 10.2 Å². The zero-order chi connectivity index (χ0) is 14.5. The molecule has 0 aliphatic carbocycles. The first-order chi connectivity index (χ1) is 9.60. The van der Waals surface area contributed by atoms with Crippen molar-refractivity contribution in [1.29, 1.82) is 0 Å². The summed E-state index contributed by atoms with van der Waals surface area (Å²) in [5, 5.41) is 11.3. The van der Waals surface area contributed by atoms with Gasteiger partial charge >= 0.3 is 0 Å². The highest BCUT2D eigenvalue weighted by Crippen LogP contribution is 2.12. The second-order valence-electron chi connectivity index (χ2n) is 5.90. The number of amides is 1. The number of hydrogen-bond acceptors (Lipinski definition) is 4. The zero-order valence-electron chi connectivity index (χ0n) is 13.1. The summed E-state index contributed by atoms with van der Waals surface area (Å²) < 4.78 is 1.77. The van der Waals surface area contributed by atoms with Crippen LogP contribution in [-0.2, 0) is 6.54 Å². The van der Waals surface area contributed by atoms with Crippen LogP contribution in [0.15, 0.2) is 6.20 Å². The van der Waals surface area contributed by atoms with Crippen LogP contribution in [0.25, 0.3) is 0 Å². The third-order valence-electron chi connectivity index (χ3n) is 3.88. The molecule has 1 amide bonds. The van der Waals surface area contributed by atoms with Crippen molar-refractivity contribution in [3.8, 4) is 0 Å². The second kappa shape index (κ2) is 8.34. The molecule has 0 bridgehead atoms. The number of aryl methyl sites for hydroxylation is 1. The number of nitrogens with one attached hydrogen (secondary N) is 1. The predicted molar refractivity (Wildman–Crippen MR) is 84.7 cm³/mol. The maximum atomic E-state index is 12.3. The first-order valence-electron chi connectivity index (χ1n) is 7.47. The molecule has 21 heavy (non-hydrogen) atoms. The molecule has 1 N–H and O–H groups in total. The topological polar surface area (TPSA) is 63.1 Å². The summed E-state index contributed by atoms with van der Waals surface area (Å²) in [5.41, 5.74) is 0.469. The van der Waals surface area contributed by atoms with Gasteiger partial charge in [-0.2, -0.15) is 0 Å². The molecule has 2 rings (SSSR count). The van der Waals surface area contributed by atoms with Crippen molar-refractivity contribution in [1.82, 2.24) is 25.2 Å². The van der Waals surface area contributed by atoms with Gasteiger partial charge in [0.1, 0.15) is 0 Å². The molecule has 0 aromatic carbocycles. The standard InChI is InChI=1S/C14H25N5O.ClH/c1-11(2)4-9-19-10-13(16-17-19)14(20)18-7-5-12(15-3)6-8-18;/h10-12,15H,4-9H2,1-3H3;1H.